The molecule has 1 aliphatic heterocycles. The van der Waals surface area contributed by atoms with E-state index in [1.165, 1.54) is 0 Å². The Balaban J connectivity index is 2.34. The van der Waals surface area contributed by atoms with E-state index in [1.807, 2.05) is 11.9 Å². The van der Waals surface area contributed by atoms with Gasteiger partial charge in [-0.2, -0.15) is 0 Å². The first kappa shape index (κ1) is 13.7. The minimum atomic E-state index is -0.337. The zero-order valence-electron chi connectivity index (χ0n) is 11.4. The van der Waals surface area contributed by atoms with Gasteiger partial charge in [0.05, 0.1) is 36.2 Å². The first-order chi connectivity index (χ1) is 9.15. The van der Waals surface area contributed by atoms with Crippen LogP contribution in [0.5, 0.6) is 0 Å². The molecule has 1 saturated heterocycles. The Labute approximate surface area is 113 Å². The second-order valence-corrected chi connectivity index (χ2v) is 4.59. The van der Waals surface area contributed by atoms with Crippen molar-refractivity contribution in [2.75, 3.05) is 37.5 Å². The van der Waals surface area contributed by atoms with Crippen LogP contribution in [0.25, 0.3) is 0 Å². The van der Waals surface area contributed by atoms with E-state index >= 15 is 0 Å². The Morgan fingerprint density at radius 3 is 3.00 bits per heavy atom. The molecule has 2 N–H and O–H groups in total. The van der Waals surface area contributed by atoms with Gasteiger partial charge in [0.1, 0.15) is 0 Å². The zero-order valence-corrected chi connectivity index (χ0v) is 11.4. The van der Waals surface area contributed by atoms with E-state index in [9.17, 15) is 4.79 Å². The number of esters is 1. The molecule has 0 bridgehead atoms. The number of carbonyl (C=O) groups excluding carboxylic acids is 1. The molecule has 0 radical (unpaired) electrons. The number of nitrogens with zero attached hydrogens (tertiary/aromatic N) is 1. The molecule has 0 amide bonds. The molecular formula is C14H20N2O3. The van der Waals surface area contributed by atoms with Crippen molar-refractivity contribution in [1.29, 1.82) is 0 Å². The molecular weight excluding hydrogens is 244 g/mol. The lowest BCUT2D eigenvalue weighted by atomic mass is 10.1. The first-order valence-electron chi connectivity index (χ1n) is 6.51. The van der Waals surface area contributed by atoms with E-state index in [0.29, 0.717) is 24.5 Å². The van der Waals surface area contributed by atoms with Crippen molar-refractivity contribution in [2.24, 2.45) is 0 Å². The highest BCUT2D eigenvalue weighted by Crippen LogP contribution is 2.30. The minimum absolute atomic E-state index is 0.248. The highest BCUT2D eigenvalue weighted by molar-refractivity contribution is 5.99. The van der Waals surface area contributed by atoms with Crippen LogP contribution >= 0.6 is 0 Å². The van der Waals surface area contributed by atoms with Crippen molar-refractivity contribution < 1.29 is 14.3 Å². The predicted molar refractivity (Wildman–Crippen MR) is 74.4 cm³/mol. The second-order valence-electron chi connectivity index (χ2n) is 4.59. The molecule has 5 nitrogen and oxygen atoms in total. The summed E-state index contributed by atoms with van der Waals surface area (Å²) in [7, 11) is 1.94. The van der Waals surface area contributed by atoms with E-state index in [2.05, 4.69) is 0 Å². The normalized spacial score (nSPS) is 18.3. The van der Waals surface area contributed by atoms with Gasteiger partial charge in [-0.3, -0.25) is 0 Å². The Morgan fingerprint density at radius 2 is 2.37 bits per heavy atom. The third kappa shape index (κ3) is 2.81. The second kappa shape index (κ2) is 5.93. The molecule has 0 aromatic heterocycles. The van der Waals surface area contributed by atoms with Crippen LogP contribution in [0.1, 0.15) is 23.7 Å². The van der Waals surface area contributed by atoms with Gasteiger partial charge in [0.15, 0.2) is 0 Å². The van der Waals surface area contributed by atoms with E-state index in [-0.39, 0.29) is 12.0 Å². The molecule has 5 heteroatoms. The van der Waals surface area contributed by atoms with Gasteiger partial charge in [0, 0.05) is 13.7 Å². The lowest BCUT2D eigenvalue weighted by molar-refractivity contribution is 0.0527. The summed E-state index contributed by atoms with van der Waals surface area (Å²) in [5.74, 6) is -0.337. The van der Waals surface area contributed by atoms with Crippen molar-refractivity contribution in [3.05, 3.63) is 23.8 Å². The van der Waals surface area contributed by atoms with Gasteiger partial charge in [-0.1, -0.05) is 6.07 Å². The minimum Gasteiger partial charge on any atom is -0.462 e. The fourth-order valence-electron chi connectivity index (χ4n) is 2.34. The number of hydrogen-bond acceptors (Lipinski definition) is 5. The molecule has 19 heavy (non-hydrogen) atoms. The average Bonchev–Trinajstić information content (AvgIpc) is 2.92. The lowest BCUT2D eigenvalue weighted by Gasteiger charge is -2.28. The molecule has 1 heterocycles. The molecule has 1 atom stereocenters. The van der Waals surface area contributed by atoms with Crippen LogP contribution in [0.2, 0.25) is 0 Å². The van der Waals surface area contributed by atoms with Crippen molar-refractivity contribution in [1.82, 2.24) is 0 Å². The van der Waals surface area contributed by atoms with Gasteiger partial charge in [-0.15, -0.1) is 0 Å². The summed E-state index contributed by atoms with van der Waals surface area (Å²) in [5.41, 5.74) is 7.86. The quantitative estimate of drug-likeness (QED) is 0.662. The number of anilines is 2. The first-order valence-corrected chi connectivity index (χ1v) is 6.51. The molecule has 1 aromatic rings. The number of ether oxygens (including phenoxy) is 2. The summed E-state index contributed by atoms with van der Waals surface area (Å²) in [5, 5.41) is 0. The average molecular weight is 264 g/mol. The molecule has 2 rings (SSSR count). The zero-order chi connectivity index (χ0) is 13.8. The van der Waals surface area contributed by atoms with Crippen LogP contribution in [0.3, 0.4) is 0 Å². The van der Waals surface area contributed by atoms with Crippen LogP contribution in [0, 0.1) is 0 Å². The standard InChI is InChI=1S/C14H20N2O3/c1-3-19-14(17)11-5-4-6-12(15)13(11)16(2)10-7-8-18-9-10/h4-6,10H,3,7-9,15H2,1-2H3. The maximum atomic E-state index is 12.0. The van der Waals surface area contributed by atoms with Gasteiger partial charge in [-0.25, -0.2) is 4.79 Å². The fraction of sp³-hybridized carbons (Fsp3) is 0.500. The smallest absolute Gasteiger partial charge is 0.340 e. The van der Waals surface area contributed by atoms with Crippen LogP contribution in [0.4, 0.5) is 11.4 Å². The van der Waals surface area contributed by atoms with Crippen LogP contribution in [-0.4, -0.2) is 38.9 Å². The maximum Gasteiger partial charge on any atom is 0.340 e. The maximum absolute atomic E-state index is 12.0. The summed E-state index contributed by atoms with van der Waals surface area (Å²) in [6, 6.07) is 5.56. The fourth-order valence-corrected chi connectivity index (χ4v) is 2.34. The monoisotopic (exact) mass is 264 g/mol. The molecule has 0 spiro atoms. The largest absolute Gasteiger partial charge is 0.462 e. The van der Waals surface area contributed by atoms with E-state index in [1.54, 1.807) is 25.1 Å². The van der Waals surface area contributed by atoms with Gasteiger partial charge >= 0.3 is 5.97 Å². The molecule has 1 aromatic carbocycles. The van der Waals surface area contributed by atoms with E-state index in [4.69, 9.17) is 15.2 Å². The van der Waals surface area contributed by atoms with Gasteiger partial charge in [0.25, 0.3) is 0 Å². The predicted octanol–water partition coefficient (Wildman–Crippen LogP) is 1.67. The Morgan fingerprint density at radius 1 is 1.58 bits per heavy atom. The van der Waals surface area contributed by atoms with Gasteiger partial charge in [-0.05, 0) is 25.5 Å². The van der Waals surface area contributed by atoms with Gasteiger partial charge in [0.2, 0.25) is 0 Å². The summed E-state index contributed by atoms with van der Waals surface area (Å²) < 4.78 is 10.5. The third-order valence-electron chi connectivity index (χ3n) is 3.37. The molecule has 1 fully saturated rings. The Bertz CT molecular complexity index is 456. The van der Waals surface area contributed by atoms with Crippen molar-refractivity contribution in [3.63, 3.8) is 0 Å². The van der Waals surface area contributed by atoms with Crippen LogP contribution in [0.15, 0.2) is 18.2 Å². The Hall–Kier alpha value is -1.75. The number of para-hydroxylation sites is 1. The third-order valence-corrected chi connectivity index (χ3v) is 3.37. The highest BCUT2D eigenvalue weighted by atomic mass is 16.5. The van der Waals surface area contributed by atoms with Crippen molar-refractivity contribution in [3.8, 4) is 0 Å². The summed E-state index contributed by atoms with van der Waals surface area (Å²) in [6.07, 6.45) is 0.938. The molecule has 0 aliphatic carbocycles. The number of nitrogens with two attached hydrogens (primary N) is 1. The van der Waals surface area contributed by atoms with Crippen LogP contribution < -0.4 is 10.6 Å². The summed E-state index contributed by atoms with van der Waals surface area (Å²) in [4.78, 5) is 14.0. The molecule has 1 unspecified atom stereocenters. The van der Waals surface area contributed by atoms with Crippen molar-refractivity contribution >= 4 is 17.3 Å². The number of benzene rings is 1. The van der Waals surface area contributed by atoms with Crippen LogP contribution in [-0.2, 0) is 9.47 Å². The highest BCUT2D eigenvalue weighted by Gasteiger charge is 2.26. The van der Waals surface area contributed by atoms with Gasteiger partial charge < -0.3 is 20.1 Å². The van der Waals surface area contributed by atoms with Crippen molar-refractivity contribution in [2.45, 2.75) is 19.4 Å². The van der Waals surface area contributed by atoms with E-state index < -0.39 is 0 Å². The lowest BCUT2D eigenvalue weighted by Crippen LogP contribution is -2.33. The summed E-state index contributed by atoms with van der Waals surface area (Å²) in [6.45, 7) is 3.55. The number of hydrogen-bond donors (Lipinski definition) is 1. The topological polar surface area (TPSA) is 64.8 Å². The number of nitrogen functional groups attached to an aromatic ring is 1. The number of likely N-dealkylation sites (N-methyl/N-ethyl adjacent to an activating group) is 1. The number of carbonyl (C=O) groups is 1. The summed E-state index contributed by atoms with van der Waals surface area (Å²) >= 11 is 0. The molecule has 1 aliphatic rings. The SMILES string of the molecule is CCOC(=O)c1cccc(N)c1N(C)C1CCOC1. The molecule has 0 saturated carbocycles. The number of rotatable bonds is 4. The van der Waals surface area contributed by atoms with E-state index in [0.717, 1.165) is 18.7 Å². The molecule has 104 valence electrons. The Kier molecular flexibility index (Phi) is 4.27.